The van der Waals surface area contributed by atoms with Crippen molar-refractivity contribution in [2.24, 2.45) is 11.8 Å². The predicted molar refractivity (Wildman–Crippen MR) is 87.9 cm³/mol. The molecule has 0 spiro atoms. The Morgan fingerprint density at radius 2 is 1.81 bits per heavy atom. The molecule has 21 heavy (non-hydrogen) atoms. The second-order valence-corrected chi connectivity index (χ2v) is 7.68. The molecule has 2 nitrogen and oxygen atoms in total. The molecule has 3 aliphatic carbocycles. The summed E-state index contributed by atoms with van der Waals surface area (Å²) in [5, 5.41) is 16.3. The summed E-state index contributed by atoms with van der Waals surface area (Å²) >= 11 is 12.2. The molecule has 2 N–H and O–H groups in total. The molecule has 1 aromatic rings. The number of nitrogens with one attached hydrogen (secondary N) is 1. The first-order chi connectivity index (χ1) is 9.92. The van der Waals surface area contributed by atoms with Crippen molar-refractivity contribution in [2.45, 2.75) is 57.2 Å². The minimum Gasteiger partial charge on any atom is -0.383 e. The lowest BCUT2D eigenvalue weighted by molar-refractivity contribution is -0.134. The van der Waals surface area contributed by atoms with Crippen molar-refractivity contribution >= 4 is 23.2 Å². The third kappa shape index (κ3) is 2.61. The van der Waals surface area contributed by atoms with Crippen LogP contribution >= 0.6 is 23.2 Å². The number of halogens is 2. The van der Waals surface area contributed by atoms with Crippen LogP contribution in [0, 0.1) is 11.8 Å². The van der Waals surface area contributed by atoms with Gasteiger partial charge in [0.15, 0.2) is 0 Å². The van der Waals surface area contributed by atoms with Crippen molar-refractivity contribution in [3.05, 3.63) is 33.8 Å². The van der Waals surface area contributed by atoms with E-state index in [0.29, 0.717) is 27.9 Å². The van der Waals surface area contributed by atoms with Gasteiger partial charge in [-0.15, -0.1) is 0 Å². The molecule has 0 amide bonds. The lowest BCUT2D eigenvalue weighted by atomic mass is 9.57. The van der Waals surface area contributed by atoms with Crippen molar-refractivity contribution in [2.75, 3.05) is 0 Å². The second-order valence-electron chi connectivity index (χ2n) is 6.86. The summed E-state index contributed by atoms with van der Waals surface area (Å²) in [6.45, 7) is 4.27. The average Bonchev–Trinajstić information content (AvgIpc) is 2.46. The van der Waals surface area contributed by atoms with Gasteiger partial charge in [-0.2, -0.15) is 0 Å². The van der Waals surface area contributed by atoms with Gasteiger partial charge in [0, 0.05) is 12.1 Å². The largest absolute Gasteiger partial charge is 0.383 e. The maximum absolute atomic E-state index is 11.6. The van der Waals surface area contributed by atoms with E-state index >= 15 is 0 Å². The molecule has 3 fully saturated rings. The molecule has 2 atom stereocenters. The Morgan fingerprint density at radius 3 is 2.38 bits per heavy atom. The van der Waals surface area contributed by atoms with Crippen LogP contribution in [0.25, 0.3) is 0 Å². The Kier molecular flexibility index (Phi) is 4.26. The van der Waals surface area contributed by atoms with Gasteiger partial charge in [-0.25, -0.2) is 0 Å². The summed E-state index contributed by atoms with van der Waals surface area (Å²) in [7, 11) is 0. The van der Waals surface area contributed by atoms with Crippen molar-refractivity contribution < 1.29 is 5.11 Å². The summed E-state index contributed by atoms with van der Waals surface area (Å²) in [6.07, 6.45) is 4.60. The smallest absolute Gasteiger partial charge is 0.108 e. The zero-order valence-electron chi connectivity index (χ0n) is 12.6. The van der Waals surface area contributed by atoms with Crippen LogP contribution in [0.3, 0.4) is 0 Å². The molecule has 0 radical (unpaired) electrons. The highest BCUT2D eigenvalue weighted by molar-refractivity contribution is 6.42. The molecular formula is C17H23Cl2NO. The van der Waals surface area contributed by atoms with Gasteiger partial charge in [0.1, 0.15) is 5.60 Å². The van der Waals surface area contributed by atoms with Crippen LogP contribution in [0.5, 0.6) is 0 Å². The number of aliphatic hydroxyl groups is 1. The lowest BCUT2D eigenvalue weighted by Crippen LogP contribution is -2.63. The van der Waals surface area contributed by atoms with Crippen molar-refractivity contribution in [3.63, 3.8) is 0 Å². The third-order valence-corrected chi connectivity index (χ3v) is 5.97. The Hall–Kier alpha value is -0.280. The molecule has 0 aromatic heterocycles. The highest BCUT2D eigenvalue weighted by Gasteiger charge is 2.54. The maximum atomic E-state index is 11.6. The number of benzene rings is 1. The van der Waals surface area contributed by atoms with Crippen LogP contribution in [0.2, 0.25) is 10.0 Å². The quantitative estimate of drug-likeness (QED) is 0.864. The van der Waals surface area contributed by atoms with Gasteiger partial charge in [0.2, 0.25) is 0 Å². The number of fused-ring (bicyclic) bond motifs is 3. The molecule has 0 aliphatic heterocycles. The molecule has 0 heterocycles. The normalized spacial score (nSPS) is 35.4. The predicted octanol–water partition coefficient (Wildman–Crippen LogP) is 4.37. The van der Waals surface area contributed by atoms with E-state index in [1.807, 2.05) is 12.1 Å². The Labute approximate surface area is 136 Å². The van der Waals surface area contributed by atoms with Gasteiger partial charge in [-0.3, -0.25) is 0 Å². The summed E-state index contributed by atoms with van der Waals surface area (Å²) in [5.41, 5.74) is 0.0732. The van der Waals surface area contributed by atoms with E-state index in [1.165, 1.54) is 12.8 Å². The number of hydrogen-bond acceptors (Lipinski definition) is 2. The second kappa shape index (κ2) is 5.73. The van der Waals surface area contributed by atoms with E-state index in [0.717, 1.165) is 18.4 Å². The molecule has 3 aliphatic rings. The van der Waals surface area contributed by atoms with E-state index in [-0.39, 0.29) is 6.04 Å². The first-order valence-electron chi connectivity index (χ1n) is 7.87. The van der Waals surface area contributed by atoms with Crippen LogP contribution in [0.15, 0.2) is 18.2 Å². The Morgan fingerprint density at radius 1 is 1.14 bits per heavy atom. The summed E-state index contributed by atoms with van der Waals surface area (Å²) in [6, 6.07) is 6.03. The summed E-state index contributed by atoms with van der Waals surface area (Å²) in [5.74, 6) is 0.841. The van der Waals surface area contributed by atoms with Crippen LogP contribution < -0.4 is 5.32 Å². The van der Waals surface area contributed by atoms with E-state index in [2.05, 4.69) is 19.2 Å². The summed E-state index contributed by atoms with van der Waals surface area (Å²) < 4.78 is 0. The van der Waals surface area contributed by atoms with Gasteiger partial charge >= 0.3 is 0 Å². The third-order valence-electron chi connectivity index (χ3n) is 5.23. The van der Waals surface area contributed by atoms with Crippen molar-refractivity contribution in [3.8, 4) is 0 Å². The maximum Gasteiger partial charge on any atom is 0.108 e. The molecule has 1 aromatic carbocycles. The molecule has 0 unspecified atom stereocenters. The molecule has 4 rings (SSSR count). The molecule has 4 heteroatoms. The zero-order chi connectivity index (χ0) is 15.2. The topological polar surface area (TPSA) is 32.3 Å². The summed E-state index contributed by atoms with van der Waals surface area (Å²) in [4.78, 5) is 0. The van der Waals surface area contributed by atoms with Gasteiger partial charge in [0.25, 0.3) is 0 Å². The van der Waals surface area contributed by atoms with Crippen LogP contribution in [-0.4, -0.2) is 17.2 Å². The van der Waals surface area contributed by atoms with Crippen molar-refractivity contribution in [1.29, 1.82) is 0 Å². The fourth-order valence-corrected chi connectivity index (χ4v) is 4.59. The van der Waals surface area contributed by atoms with E-state index in [9.17, 15) is 5.11 Å². The SMILES string of the molecule is CC(C)N[C@H]1C2CCC(CC2)[C@@]1(O)c1ccc(Cl)c(Cl)c1. The minimum absolute atomic E-state index is 0.0993. The highest BCUT2D eigenvalue weighted by Crippen LogP contribution is 2.53. The molecule has 116 valence electrons. The molecule has 2 bridgehead atoms. The monoisotopic (exact) mass is 327 g/mol. The fraction of sp³-hybridized carbons (Fsp3) is 0.647. The van der Waals surface area contributed by atoms with Gasteiger partial charge in [-0.1, -0.05) is 43.1 Å². The van der Waals surface area contributed by atoms with E-state index in [1.54, 1.807) is 6.07 Å². The minimum atomic E-state index is -0.834. The van der Waals surface area contributed by atoms with Gasteiger partial charge in [-0.05, 0) is 55.2 Å². The highest BCUT2D eigenvalue weighted by atomic mass is 35.5. The van der Waals surface area contributed by atoms with Crippen LogP contribution in [-0.2, 0) is 5.60 Å². The first kappa shape index (κ1) is 15.6. The van der Waals surface area contributed by atoms with Crippen LogP contribution in [0.4, 0.5) is 0 Å². The van der Waals surface area contributed by atoms with Gasteiger partial charge in [0.05, 0.1) is 10.0 Å². The number of hydrogen-bond donors (Lipinski definition) is 2. The van der Waals surface area contributed by atoms with Crippen LogP contribution in [0.1, 0.15) is 45.1 Å². The molecule has 0 saturated heterocycles. The van der Waals surface area contributed by atoms with E-state index < -0.39 is 5.60 Å². The lowest BCUT2D eigenvalue weighted by Gasteiger charge is -2.55. The molecule has 3 saturated carbocycles. The fourth-order valence-electron chi connectivity index (χ4n) is 4.29. The standard InChI is InChI=1S/C17H23Cl2NO/c1-10(2)20-16-11-3-5-12(6-4-11)17(16,21)13-7-8-14(18)15(19)9-13/h7-12,16,20-21H,3-6H2,1-2H3/t11?,12?,16-,17+/m0/s1. The number of rotatable bonds is 3. The molecular weight excluding hydrogens is 305 g/mol. The first-order valence-corrected chi connectivity index (χ1v) is 8.62. The van der Waals surface area contributed by atoms with Crippen molar-refractivity contribution in [1.82, 2.24) is 5.32 Å². The average molecular weight is 328 g/mol. The van der Waals surface area contributed by atoms with Gasteiger partial charge < -0.3 is 10.4 Å². The Bertz CT molecular complexity index is 526. The zero-order valence-corrected chi connectivity index (χ0v) is 14.1. The van der Waals surface area contributed by atoms with E-state index in [4.69, 9.17) is 23.2 Å². The Balaban J connectivity index is 2.03.